The standard InChI is InChI=1S/C19H23FN2O3S/c1-4-22(13-15-7-5-9-17(20)11-15)19(23)16-8-6-10-18(12-16)26(24,25)21-14(2)3/h5-12,14,21H,4,13H2,1-3H3. The van der Waals surface area contributed by atoms with Gasteiger partial charge in [0.2, 0.25) is 10.0 Å². The van der Waals surface area contributed by atoms with E-state index < -0.39 is 10.0 Å². The second-order valence-electron chi connectivity index (χ2n) is 6.25. The topological polar surface area (TPSA) is 66.5 Å². The highest BCUT2D eigenvalue weighted by molar-refractivity contribution is 7.89. The third kappa shape index (κ3) is 5.12. The fourth-order valence-corrected chi connectivity index (χ4v) is 3.84. The Kier molecular flexibility index (Phi) is 6.50. The summed E-state index contributed by atoms with van der Waals surface area (Å²) in [4.78, 5) is 14.4. The predicted molar refractivity (Wildman–Crippen MR) is 98.7 cm³/mol. The molecular formula is C19H23FN2O3S. The van der Waals surface area contributed by atoms with E-state index in [1.54, 1.807) is 32.0 Å². The number of nitrogens with zero attached hydrogens (tertiary/aromatic N) is 1. The first kappa shape index (κ1) is 20.1. The summed E-state index contributed by atoms with van der Waals surface area (Å²) in [7, 11) is -3.68. The van der Waals surface area contributed by atoms with Crippen LogP contribution in [0.5, 0.6) is 0 Å². The van der Waals surface area contributed by atoms with Crippen LogP contribution in [0.3, 0.4) is 0 Å². The Balaban J connectivity index is 2.26. The summed E-state index contributed by atoms with van der Waals surface area (Å²) < 4.78 is 40.5. The number of hydrogen-bond donors (Lipinski definition) is 1. The van der Waals surface area contributed by atoms with Gasteiger partial charge in [-0.3, -0.25) is 4.79 Å². The molecule has 2 aromatic carbocycles. The number of carbonyl (C=O) groups excluding carboxylic acids is 1. The number of carbonyl (C=O) groups is 1. The molecule has 1 amide bonds. The van der Waals surface area contributed by atoms with Gasteiger partial charge in [0.1, 0.15) is 5.82 Å². The van der Waals surface area contributed by atoms with E-state index in [0.717, 1.165) is 0 Å². The minimum absolute atomic E-state index is 0.0406. The second kappa shape index (κ2) is 8.42. The lowest BCUT2D eigenvalue weighted by Gasteiger charge is -2.21. The van der Waals surface area contributed by atoms with Gasteiger partial charge in [0.25, 0.3) is 5.91 Å². The van der Waals surface area contributed by atoms with Gasteiger partial charge in [0.05, 0.1) is 4.90 Å². The van der Waals surface area contributed by atoms with Crippen molar-refractivity contribution >= 4 is 15.9 Å². The van der Waals surface area contributed by atoms with Crippen molar-refractivity contribution in [2.45, 2.75) is 38.3 Å². The van der Waals surface area contributed by atoms with E-state index in [2.05, 4.69) is 4.72 Å². The molecule has 0 saturated carbocycles. The van der Waals surface area contributed by atoms with Crippen LogP contribution in [-0.4, -0.2) is 31.8 Å². The maximum atomic E-state index is 13.4. The van der Waals surface area contributed by atoms with Crippen LogP contribution in [-0.2, 0) is 16.6 Å². The minimum Gasteiger partial charge on any atom is -0.335 e. The molecule has 1 N–H and O–H groups in total. The molecule has 0 aliphatic carbocycles. The van der Waals surface area contributed by atoms with Crippen LogP contribution in [0.15, 0.2) is 53.4 Å². The summed E-state index contributed by atoms with van der Waals surface area (Å²) in [5.74, 6) is -0.669. The van der Waals surface area contributed by atoms with Crippen molar-refractivity contribution in [3.8, 4) is 0 Å². The average Bonchev–Trinajstić information content (AvgIpc) is 2.58. The van der Waals surface area contributed by atoms with Crippen molar-refractivity contribution in [1.29, 1.82) is 0 Å². The Hall–Kier alpha value is -2.25. The summed E-state index contributed by atoms with van der Waals surface area (Å²) in [5.41, 5.74) is 0.945. The van der Waals surface area contributed by atoms with Gasteiger partial charge >= 0.3 is 0 Å². The molecule has 2 aromatic rings. The molecular weight excluding hydrogens is 355 g/mol. The third-order valence-electron chi connectivity index (χ3n) is 3.71. The summed E-state index contributed by atoms with van der Waals surface area (Å²) in [6.07, 6.45) is 0. The van der Waals surface area contributed by atoms with Crippen LogP contribution in [0.25, 0.3) is 0 Å². The smallest absolute Gasteiger partial charge is 0.254 e. The Morgan fingerprint density at radius 3 is 2.46 bits per heavy atom. The Labute approximate surface area is 153 Å². The zero-order valence-corrected chi connectivity index (χ0v) is 15.9. The first-order valence-corrected chi connectivity index (χ1v) is 9.87. The molecule has 0 saturated heterocycles. The summed E-state index contributed by atoms with van der Waals surface area (Å²) in [6, 6.07) is 11.7. The molecule has 0 aliphatic rings. The van der Waals surface area contributed by atoms with E-state index in [1.807, 2.05) is 6.92 Å². The molecule has 140 valence electrons. The van der Waals surface area contributed by atoms with Crippen molar-refractivity contribution in [2.75, 3.05) is 6.54 Å². The molecule has 5 nitrogen and oxygen atoms in total. The molecule has 0 unspecified atom stereocenters. The van der Waals surface area contributed by atoms with Gasteiger partial charge in [-0.2, -0.15) is 0 Å². The van der Waals surface area contributed by atoms with Gasteiger partial charge in [-0.25, -0.2) is 17.5 Å². The zero-order chi connectivity index (χ0) is 19.3. The molecule has 0 spiro atoms. The van der Waals surface area contributed by atoms with E-state index in [-0.39, 0.29) is 34.8 Å². The highest BCUT2D eigenvalue weighted by atomic mass is 32.2. The van der Waals surface area contributed by atoms with Crippen LogP contribution in [0.1, 0.15) is 36.7 Å². The molecule has 0 atom stereocenters. The number of halogens is 1. The third-order valence-corrected chi connectivity index (χ3v) is 5.37. The minimum atomic E-state index is -3.68. The Bertz CT molecular complexity index is 882. The number of hydrogen-bond acceptors (Lipinski definition) is 3. The van der Waals surface area contributed by atoms with Crippen molar-refractivity contribution < 1.29 is 17.6 Å². The first-order chi connectivity index (χ1) is 12.2. The molecule has 0 bridgehead atoms. The lowest BCUT2D eigenvalue weighted by atomic mass is 10.1. The van der Waals surface area contributed by atoms with Gasteiger partial charge in [-0.15, -0.1) is 0 Å². The predicted octanol–water partition coefficient (Wildman–Crippen LogP) is 3.17. The Morgan fingerprint density at radius 1 is 1.15 bits per heavy atom. The summed E-state index contributed by atoms with van der Waals surface area (Å²) in [6.45, 7) is 5.93. The number of rotatable bonds is 7. The van der Waals surface area contributed by atoms with Crippen molar-refractivity contribution in [2.24, 2.45) is 0 Å². The molecule has 26 heavy (non-hydrogen) atoms. The van der Waals surface area contributed by atoms with Crippen molar-refractivity contribution in [3.05, 3.63) is 65.5 Å². The molecule has 0 aromatic heterocycles. The fourth-order valence-electron chi connectivity index (χ4n) is 2.54. The van der Waals surface area contributed by atoms with Crippen LogP contribution >= 0.6 is 0 Å². The zero-order valence-electron chi connectivity index (χ0n) is 15.1. The van der Waals surface area contributed by atoms with Crippen LogP contribution < -0.4 is 4.72 Å². The number of sulfonamides is 1. The van der Waals surface area contributed by atoms with Crippen LogP contribution in [0.2, 0.25) is 0 Å². The lowest BCUT2D eigenvalue weighted by Crippen LogP contribution is -2.32. The number of benzene rings is 2. The van der Waals surface area contributed by atoms with Crippen molar-refractivity contribution in [3.63, 3.8) is 0 Å². The second-order valence-corrected chi connectivity index (χ2v) is 7.97. The van der Waals surface area contributed by atoms with E-state index in [1.165, 1.54) is 35.2 Å². The monoisotopic (exact) mass is 378 g/mol. The Morgan fingerprint density at radius 2 is 1.85 bits per heavy atom. The SMILES string of the molecule is CCN(Cc1cccc(F)c1)C(=O)c1cccc(S(=O)(=O)NC(C)C)c1. The molecule has 2 rings (SSSR count). The quantitative estimate of drug-likeness (QED) is 0.805. The van der Waals surface area contributed by atoms with Gasteiger partial charge in [-0.1, -0.05) is 18.2 Å². The molecule has 7 heteroatoms. The van der Waals surface area contributed by atoms with E-state index in [0.29, 0.717) is 12.1 Å². The van der Waals surface area contributed by atoms with Gasteiger partial charge in [-0.05, 0) is 56.7 Å². The molecule has 0 fully saturated rings. The van der Waals surface area contributed by atoms with Gasteiger partial charge in [0, 0.05) is 24.7 Å². The highest BCUT2D eigenvalue weighted by Gasteiger charge is 2.20. The lowest BCUT2D eigenvalue weighted by molar-refractivity contribution is 0.0752. The normalized spacial score (nSPS) is 11.6. The van der Waals surface area contributed by atoms with E-state index >= 15 is 0 Å². The molecule has 0 heterocycles. The summed E-state index contributed by atoms with van der Waals surface area (Å²) >= 11 is 0. The van der Waals surface area contributed by atoms with E-state index in [4.69, 9.17) is 0 Å². The highest BCUT2D eigenvalue weighted by Crippen LogP contribution is 2.16. The largest absolute Gasteiger partial charge is 0.335 e. The number of amides is 1. The maximum absolute atomic E-state index is 13.4. The maximum Gasteiger partial charge on any atom is 0.254 e. The van der Waals surface area contributed by atoms with Crippen molar-refractivity contribution in [1.82, 2.24) is 9.62 Å². The average molecular weight is 378 g/mol. The van der Waals surface area contributed by atoms with Gasteiger partial charge in [0.15, 0.2) is 0 Å². The first-order valence-electron chi connectivity index (χ1n) is 8.39. The molecule has 0 aliphatic heterocycles. The summed E-state index contributed by atoms with van der Waals surface area (Å²) in [5, 5.41) is 0. The van der Waals surface area contributed by atoms with Crippen LogP contribution in [0, 0.1) is 5.82 Å². The van der Waals surface area contributed by atoms with E-state index in [9.17, 15) is 17.6 Å². The van der Waals surface area contributed by atoms with Gasteiger partial charge < -0.3 is 4.90 Å². The van der Waals surface area contributed by atoms with Crippen LogP contribution in [0.4, 0.5) is 4.39 Å². The fraction of sp³-hybridized carbons (Fsp3) is 0.316. The molecule has 0 radical (unpaired) electrons. The number of nitrogens with one attached hydrogen (secondary N) is 1.